The molecule has 1 unspecified atom stereocenters. The summed E-state index contributed by atoms with van der Waals surface area (Å²) in [6, 6.07) is 0. The van der Waals surface area contributed by atoms with Gasteiger partial charge in [0.2, 0.25) is 0 Å². The van der Waals surface area contributed by atoms with Crippen molar-refractivity contribution in [2.75, 3.05) is 13.2 Å². The van der Waals surface area contributed by atoms with Crippen LogP contribution < -0.4 is 0 Å². The molecule has 1 aliphatic rings. The van der Waals surface area contributed by atoms with Crippen molar-refractivity contribution in [1.29, 1.82) is 0 Å². The quantitative estimate of drug-likeness (QED) is 0.627. The molecule has 1 fully saturated rings. The first-order valence-electron chi connectivity index (χ1n) is 4.32. The molecule has 0 aromatic rings. The third kappa shape index (κ3) is 3.54. The Morgan fingerprint density at radius 2 is 2.36 bits per heavy atom. The van der Waals surface area contributed by atoms with E-state index in [9.17, 15) is 0 Å². The molecule has 0 radical (unpaired) electrons. The van der Waals surface area contributed by atoms with Gasteiger partial charge in [0.25, 0.3) is 0 Å². The van der Waals surface area contributed by atoms with Crippen LogP contribution in [0.2, 0.25) is 0 Å². The van der Waals surface area contributed by atoms with Crippen molar-refractivity contribution in [3.05, 3.63) is 12.2 Å². The Labute approximate surface area is 67.9 Å². The van der Waals surface area contributed by atoms with Gasteiger partial charge in [0.15, 0.2) is 0 Å². The number of hydrogen-bond acceptors (Lipinski definition) is 2. The summed E-state index contributed by atoms with van der Waals surface area (Å²) in [5.41, 5.74) is 0. The molecule has 64 valence electrons. The lowest BCUT2D eigenvalue weighted by Crippen LogP contribution is -2.16. The van der Waals surface area contributed by atoms with Crippen LogP contribution in [-0.4, -0.2) is 24.4 Å². The standard InChI is InChI=1S/C9H16O2/c10-7-3-1-5-9-6-2-4-8-11-9/h1,5,9-10H,2-4,6-8H2/b5-1+. The Morgan fingerprint density at radius 1 is 1.45 bits per heavy atom. The second-order valence-corrected chi connectivity index (χ2v) is 2.85. The first-order valence-corrected chi connectivity index (χ1v) is 4.32. The Bertz CT molecular complexity index is 115. The predicted molar refractivity (Wildman–Crippen MR) is 44.4 cm³/mol. The molecule has 0 aliphatic carbocycles. The molecule has 1 atom stereocenters. The normalized spacial score (nSPS) is 26.1. The van der Waals surface area contributed by atoms with Crippen molar-refractivity contribution in [1.82, 2.24) is 0 Å². The SMILES string of the molecule is OCC/C=C/C1CCCCO1. The summed E-state index contributed by atoms with van der Waals surface area (Å²) in [6.07, 6.45) is 8.74. The molecule has 0 aromatic heterocycles. The topological polar surface area (TPSA) is 29.5 Å². The van der Waals surface area contributed by atoms with Crippen molar-refractivity contribution >= 4 is 0 Å². The molecule has 11 heavy (non-hydrogen) atoms. The van der Waals surface area contributed by atoms with Crippen LogP contribution in [0.25, 0.3) is 0 Å². The van der Waals surface area contributed by atoms with E-state index < -0.39 is 0 Å². The minimum absolute atomic E-state index is 0.239. The lowest BCUT2D eigenvalue weighted by Gasteiger charge is -2.18. The zero-order chi connectivity index (χ0) is 7.94. The average Bonchev–Trinajstić information content (AvgIpc) is 2.07. The highest BCUT2D eigenvalue weighted by molar-refractivity contribution is 4.90. The summed E-state index contributed by atoms with van der Waals surface area (Å²) in [4.78, 5) is 0. The van der Waals surface area contributed by atoms with Crippen molar-refractivity contribution < 1.29 is 9.84 Å². The Balaban J connectivity index is 2.13. The van der Waals surface area contributed by atoms with Crippen LogP contribution in [0.4, 0.5) is 0 Å². The molecule has 0 spiro atoms. The van der Waals surface area contributed by atoms with Gasteiger partial charge in [-0.1, -0.05) is 12.2 Å². The van der Waals surface area contributed by atoms with E-state index >= 15 is 0 Å². The van der Waals surface area contributed by atoms with Gasteiger partial charge in [0, 0.05) is 13.2 Å². The maximum atomic E-state index is 8.50. The zero-order valence-corrected chi connectivity index (χ0v) is 6.83. The first-order chi connectivity index (χ1) is 5.43. The summed E-state index contributed by atoms with van der Waals surface area (Å²) in [6.45, 7) is 1.14. The second kappa shape index (κ2) is 5.33. The minimum atomic E-state index is 0.239. The van der Waals surface area contributed by atoms with Crippen molar-refractivity contribution in [3.8, 4) is 0 Å². The fourth-order valence-electron chi connectivity index (χ4n) is 1.24. The van der Waals surface area contributed by atoms with E-state index in [4.69, 9.17) is 9.84 Å². The number of aliphatic hydroxyl groups is 1. The van der Waals surface area contributed by atoms with Crippen LogP contribution in [0.3, 0.4) is 0 Å². The largest absolute Gasteiger partial charge is 0.396 e. The predicted octanol–water partition coefficient (Wildman–Crippen LogP) is 1.49. The van der Waals surface area contributed by atoms with E-state index in [0.717, 1.165) is 19.4 Å². The number of hydrogen-bond donors (Lipinski definition) is 1. The molecule has 1 rings (SSSR count). The molecular formula is C9H16O2. The fourth-order valence-corrected chi connectivity index (χ4v) is 1.24. The van der Waals surface area contributed by atoms with Crippen molar-refractivity contribution in [2.24, 2.45) is 0 Å². The van der Waals surface area contributed by atoms with Gasteiger partial charge >= 0.3 is 0 Å². The van der Waals surface area contributed by atoms with Crippen molar-refractivity contribution in [3.63, 3.8) is 0 Å². The van der Waals surface area contributed by atoms with E-state index in [1.54, 1.807) is 0 Å². The van der Waals surface area contributed by atoms with E-state index in [-0.39, 0.29) is 6.61 Å². The molecule has 0 amide bonds. The monoisotopic (exact) mass is 156 g/mol. The highest BCUT2D eigenvalue weighted by Gasteiger charge is 2.08. The zero-order valence-electron chi connectivity index (χ0n) is 6.83. The van der Waals surface area contributed by atoms with E-state index in [2.05, 4.69) is 6.08 Å². The van der Waals surface area contributed by atoms with Gasteiger partial charge in [0.05, 0.1) is 6.10 Å². The molecule has 1 heterocycles. The molecule has 2 heteroatoms. The number of ether oxygens (including phenoxy) is 1. The molecule has 2 nitrogen and oxygen atoms in total. The molecule has 1 N–H and O–H groups in total. The Morgan fingerprint density at radius 3 is 3.00 bits per heavy atom. The van der Waals surface area contributed by atoms with Crippen LogP contribution in [-0.2, 0) is 4.74 Å². The molecule has 0 aromatic carbocycles. The van der Waals surface area contributed by atoms with Crippen LogP contribution in [0.5, 0.6) is 0 Å². The molecule has 0 bridgehead atoms. The summed E-state index contributed by atoms with van der Waals surface area (Å²) in [5.74, 6) is 0. The lowest BCUT2D eigenvalue weighted by atomic mass is 10.1. The maximum absolute atomic E-state index is 8.50. The van der Waals surface area contributed by atoms with E-state index in [1.165, 1.54) is 12.8 Å². The lowest BCUT2D eigenvalue weighted by molar-refractivity contribution is 0.0464. The van der Waals surface area contributed by atoms with Gasteiger partial charge in [-0.15, -0.1) is 0 Å². The van der Waals surface area contributed by atoms with Gasteiger partial charge in [-0.3, -0.25) is 0 Å². The number of aliphatic hydroxyl groups excluding tert-OH is 1. The average molecular weight is 156 g/mol. The smallest absolute Gasteiger partial charge is 0.0755 e. The highest BCUT2D eigenvalue weighted by Crippen LogP contribution is 2.13. The van der Waals surface area contributed by atoms with Crippen molar-refractivity contribution in [2.45, 2.75) is 31.8 Å². The van der Waals surface area contributed by atoms with Gasteiger partial charge in [0.1, 0.15) is 0 Å². The maximum Gasteiger partial charge on any atom is 0.0755 e. The molecule has 1 saturated heterocycles. The Hall–Kier alpha value is -0.340. The summed E-state index contributed by atoms with van der Waals surface area (Å²) in [7, 11) is 0. The third-order valence-electron chi connectivity index (χ3n) is 1.86. The Kier molecular flexibility index (Phi) is 4.24. The molecule has 0 saturated carbocycles. The molecule has 1 aliphatic heterocycles. The summed E-state index contributed by atoms with van der Waals surface area (Å²) >= 11 is 0. The number of rotatable bonds is 3. The van der Waals surface area contributed by atoms with Gasteiger partial charge < -0.3 is 9.84 Å². The van der Waals surface area contributed by atoms with Crippen LogP contribution in [0, 0.1) is 0 Å². The molecular weight excluding hydrogens is 140 g/mol. The third-order valence-corrected chi connectivity index (χ3v) is 1.86. The minimum Gasteiger partial charge on any atom is -0.396 e. The van der Waals surface area contributed by atoms with Gasteiger partial charge in [-0.25, -0.2) is 0 Å². The van der Waals surface area contributed by atoms with E-state index in [0.29, 0.717) is 6.10 Å². The summed E-state index contributed by atoms with van der Waals surface area (Å²) in [5, 5.41) is 8.50. The van der Waals surface area contributed by atoms with Gasteiger partial charge in [-0.05, 0) is 25.7 Å². The fraction of sp³-hybridized carbons (Fsp3) is 0.778. The first kappa shape index (κ1) is 8.75. The second-order valence-electron chi connectivity index (χ2n) is 2.85. The van der Waals surface area contributed by atoms with E-state index in [1.807, 2.05) is 6.08 Å². The van der Waals surface area contributed by atoms with Gasteiger partial charge in [-0.2, -0.15) is 0 Å². The van der Waals surface area contributed by atoms with Crippen LogP contribution in [0.15, 0.2) is 12.2 Å². The summed E-state index contributed by atoms with van der Waals surface area (Å²) < 4.78 is 5.46. The van der Waals surface area contributed by atoms with Crippen LogP contribution in [0.1, 0.15) is 25.7 Å². The van der Waals surface area contributed by atoms with Crippen LogP contribution >= 0.6 is 0 Å². The highest BCUT2D eigenvalue weighted by atomic mass is 16.5.